The number of benzene rings is 1. The Labute approximate surface area is 183 Å². The third kappa shape index (κ3) is 8.52. The van der Waals surface area contributed by atoms with Gasteiger partial charge in [-0.15, -0.1) is 24.0 Å². The van der Waals surface area contributed by atoms with Crippen LogP contribution in [-0.4, -0.2) is 62.1 Å². The highest BCUT2D eigenvalue weighted by Gasteiger charge is 2.21. The normalized spacial score (nSPS) is 16.9. The summed E-state index contributed by atoms with van der Waals surface area (Å²) < 4.78 is 5.85. The topological polar surface area (TPSA) is 92.0 Å². The highest BCUT2D eigenvalue weighted by Crippen LogP contribution is 2.24. The average molecular weight is 510 g/mol. The van der Waals surface area contributed by atoms with E-state index >= 15 is 0 Å². The number of halogens is 2. The van der Waals surface area contributed by atoms with Gasteiger partial charge in [-0.1, -0.05) is 23.7 Å². The molecule has 0 saturated carbocycles. The molecule has 7 nitrogen and oxygen atoms in total. The number of rotatable bonds is 7. The number of para-hydroxylation sites is 1. The molecule has 1 heterocycles. The van der Waals surface area contributed by atoms with Crippen LogP contribution in [0.15, 0.2) is 29.3 Å². The number of guanidine groups is 1. The lowest BCUT2D eigenvalue weighted by Gasteiger charge is -2.32. The molecule has 1 aliphatic rings. The zero-order valence-electron chi connectivity index (χ0n) is 15.8. The number of nitrogens with one attached hydrogen (secondary N) is 2. The molecule has 1 aliphatic heterocycles. The van der Waals surface area contributed by atoms with Gasteiger partial charge < -0.3 is 21.1 Å². The van der Waals surface area contributed by atoms with Crippen LogP contribution in [0, 0.1) is 0 Å². The number of ether oxygens (including phenoxy) is 1. The van der Waals surface area contributed by atoms with Crippen molar-refractivity contribution >= 4 is 47.4 Å². The summed E-state index contributed by atoms with van der Waals surface area (Å²) in [6.07, 6.45) is 1.82. The van der Waals surface area contributed by atoms with Gasteiger partial charge in [0.15, 0.2) is 5.96 Å². The third-order valence-corrected chi connectivity index (χ3v) is 4.57. The van der Waals surface area contributed by atoms with Crippen molar-refractivity contribution in [3.8, 4) is 5.75 Å². The van der Waals surface area contributed by atoms with Crippen LogP contribution < -0.4 is 21.1 Å². The fraction of sp³-hybridized carbons (Fsp3) is 0.556. The lowest BCUT2D eigenvalue weighted by Crippen LogP contribution is -2.50. The predicted molar refractivity (Wildman–Crippen MR) is 120 cm³/mol. The summed E-state index contributed by atoms with van der Waals surface area (Å²) in [6, 6.07) is 7.75. The third-order valence-electron chi connectivity index (χ3n) is 4.25. The summed E-state index contributed by atoms with van der Waals surface area (Å²) in [5.41, 5.74) is 5.25. The van der Waals surface area contributed by atoms with Crippen LogP contribution in [0.1, 0.15) is 19.8 Å². The summed E-state index contributed by atoms with van der Waals surface area (Å²) in [7, 11) is 1.75. The molecule has 1 atom stereocenters. The smallest absolute Gasteiger partial charge is 0.231 e. The Morgan fingerprint density at radius 3 is 2.67 bits per heavy atom. The molecule has 0 aliphatic carbocycles. The number of amides is 1. The van der Waals surface area contributed by atoms with Gasteiger partial charge in [-0.25, -0.2) is 0 Å². The van der Waals surface area contributed by atoms with E-state index in [1.807, 2.05) is 31.2 Å². The minimum absolute atomic E-state index is 0. The van der Waals surface area contributed by atoms with Gasteiger partial charge in [-0.3, -0.25) is 14.7 Å². The summed E-state index contributed by atoms with van der Waals surface area (Å²) in [6.45, 7) is 4.61. The number of likely N-dealkylation sites (tertiary alicyclic amines) is 1. The molecule has 4 N–H and O–H groups in total. The van der Waals surface area contributed by atoms with Crippen LogP contribution in [-0.2, 0) is 4.79 Å². The molecule has 9 heteroatoms. The SMILES string of the molecule is CN=C(NCC(C)Oc1ccccc1Cl)NC1CCN(CC(N)=O)CC1.I. The number of hydrogen-bond donors (Lipinski definition) is 3. The number of carbonyl (C=O) groups excluding carboxylic acids is 1. The number of aliphatic imine (C=N–C) groups is 1. The molecule has 1 unspecified atom stereocenters. The van der Waals surface area contributed by atoms with Crippen molar-refractivity contribution in [2.24, 2.45) is 10.7 Å². The maximum Gasteiger partial charge on any atom is 0.231 e. The van der Waals surface area contributed by atoms with E-state index in [9.17, 15) is 4.79 Å². The Balaban J connectivity index is 0.00000364. The van der Waals surface area contributed by atoms with Crippen LogP contribution in [0.4, 0.5) is 0 Å². The number of hydrogen-bond acceptors (Lipinski definition) is 4. The van der Waals surface area contributed by atoms with E-state index in [1.165, 1.54) is 0 Å². The van der Waals surface area contributed by atoms with Crippen LogP contribution in [0.5, 0.6) is 5.75 Å². The van der Waals surface area contributed by atoms with Crippen molar-refractivity contribution < 1.29 is 9.53 Å². The highest BCUT2D eigenvalue weighted by molar-refractivity contribution is 14.0. The summed E-state index contributed by atoms with van der Waals surface area (Å²) in [5, 5.41) is 7.31. The summed E-state index contributed by atoms with van der Waals surface area (Å²) in [4.78, 5) is 17.3. The molecular formula is C18H29ClIN5O2. The van der Waals surface area contributed by atoms with E-state index in [1.54, 1.807) is 7.05 Å². The highest BCUT2D eigenvalue weighted by atomic mass is 127. The van der Waals surface area contributed by atoms with E-state index in [2.05, 4.69) is 20.5 Å². The molecule has 1 aromatic carbocycles. The number of nitrogens with zero attached hydrogens (tertiary/aromatic N) is 2. The second-order valence-corrected chi connectivity index (χ2v) is 6.88. The minimum Gasteiger partial charge on any atom is -0.487 e. The van der Waals surface area contributed by atoms with Crippen molar-refractivity contribution in [2.75, 3.05) is 33.2 Å². The van der Waals surface area contributed by atoms with E-state index in [0.717, 1.165) is 31.9 Å². The van der Waals surface area contributed by atoms with Crippen LogP contribution in [0.3, 0.4) is 0 Å². The monoisotopic (exact) mass is 509 g/mol. The molecule has 27 heavy (non-hydrogen) atoms. The van der Waals surface area contributed by atoms with Crippen LogP contribution in [0.2, 0.25) is 5.02 Å². The first-order chi connectivity index (χ1) is 12.5. The molecule has 0 aromatic heterocycles. The molecule has 0 radical (unpaired) electrons. The number of nitrogens with two attached hydrogens (primary N) is 1. The van der Waals surface area contributed by atoms with Gasteiger partial charge in [-0.2, -0.15) is 0 Å². The maximum absolute atomic E-state index is 11.0. The number of primary amides is 1. The molecule has 1 fully saturated rings. The molecule has 1 aromatic rings. The van der Waals surface area contributed by atoms with Crippen molar-refractivity contribution in [3.05, 3.63) is 29.3 Å². The van der Waals surface area contributed by atoms with Crippen molar-refractivity contribution in [3.63, 3.8) is 0 Å². The van der Waals surface area contributed by atoms with E-state index in [4.69, 9.17) is 22.1 Å². The Morgan fingerprint density at radius 1 is 1.41 bits per heavy atom. The maximum atomic E-state index is 11.0. The van der Waals surface area contributed by atoms with Gasteiger partial charge >= 0.3 is 0 Å². The Kier molecular flexibility index (Phi) is 10.8. The quantitative estimate of drug-likeness (QED) is 0.296. The molecule has 0 bridgehead atoms. The largest absolute Gasteiger partial charge is 0.487 e. The van der Waals surface area contributed by atoms with E-state index < -0.39 is 0 Å². The Morgan fingerprint density at radius 2 is 2.07 bits per heavy atom. The van der Waals surface area contributed by atoms with Crippen molar-refractivity contribution in [2.45, 2.75) is 31.9 Å². The number of piperidine rings is 1. The van der Waals surface area contributed by atoms with Gasteiger partial charge in [0.25, 0.3) is 0 Å². The lowest BCUT2D eigenvalue weighted by molar-refractivity contribution is -0.119. The fourth-order valence-corrected chi connectivity index (χ4v) is 3.06. The van der Waals surface area contributed by atoms with Crippen LogP contribution >= 0.6 is 35.6 Å². The van der Waals surface area contributed by atoms with Crippen molar-refractivity contribution in [1.82, 2.24) is 15.5 Å². The molecule has 1 amide bonds. The second-order valence-electron chi connectivity index (χ2n) is 6.47. The summed E-state index contributed by atoms with van der Waals surface area (Å²) >= 11 is 6.12. The van der Waals surface area contributed by atoms with E-state index in [0.29, 0.717) is 29.9 Å². The number of carbonyl (C=O) groups is 1. The van der Waals surface area contributed by atoms with E-state index in [-0.39, 0.29) is 36.0 Å². The standard InChI is InChI=1S/C18H28ClN5O2.HI/c1-13(26-16-6-4-3-5-15(16)19)11-22-18(21-2)23-14-7-9-24(10-8-14)12-17(20)25;/h3-6,13-14H,7-12H2,1-2H3,(H2,20,25)(H2,21,22,23);1H. The van der Waals surface area contributed by atoms with Gasteiger partial charge in [0.05, 0.1) is 18.1 Å². The first-order valence-corrected chi connectivity index (χ1v) is 9.24. The van der Waals surface area contributed by atoms with Gasteiger partial charge in [-0.05, 0) is 31.9 Å². The Bertz CT molecular complexity index is 624. The lowest BCUT2D eigenvalue weighted by atomic mass is 10.1. The van der Waals surface area contributed by atoms with Crippen molar-refractivity contribution in [1.29, 1.82) is 0 Å². The van der Waals surface area contributed by atoms with Gasteiger partial charge in [0.2, 0.25) is 5.91 Å². The molecule has 152 valence electrons. The van der Waals surface area contributed by atoms with Gasteiger partial charge in [0.1, 0.15) is 11.9 Å². The summed E-state index contributed by atoms with van der Waals surface area (Å²) in [5.74, 6) is 1.14. The van der Waals surface area contributed by atoms with Gasteiger partial charge in [0, 0.05) is 26.2 Å². The first kappa shape index (κ1) is 23.8. The fourth-order valence-electron chi connectivity index (χ4n) is 2.88. The second kappa shape index (κ2) is 12.2. The zero-order chi connectivity index (χ0) is 18.9. The molecule has 0 spiro atoms. The minimum atomic E-state index is -0.276. The van der Waals surface area contributed by atoms with Crippen LogP contribution in [0.25, 0.3) is 0 Å². The molecule has 2 rings (SSSR count). The predicted octanol–water partition coefficient (Wildman–Crippen LogP) is 1.84. The Hall–Kier alpha value is -1.26. The molecule has 1 saturated heterocycles. The average Bonchev–Trinajstić information content (AvgIpc) is 2.61. The zero-order valence-corrected chi connectivity index (χ0v) is 18.9. The first-order valence-electron chi connectivity index (χ1n) is 8.87. The molecular weight excluding hydrogens is 481 g/mol.